The standard InChI is InChI=1S/C24H21N3O4/c1-15(17-12-6-8-16-7-2-3-9-18(16)17)25-22(28)14-31-23(29)13-21-19-10-4-5-11-20(19)24(30)27-26-21/h2-12,15H,13-14H2,1H3,(H,25,28)(H,27,30)/t15-/m0/s1. The molecule has 0 radical (unpaired) electrons. The third-order valence-electron chi connectivity index (χ3n) is 5.12. The number of nitrogens with zero attached hydrogens (tertiary/aromatic N) is 1. The van der Waals surface area contributed by atoms with Crippen LogP contribution in [0.25, 0.3) is 21.5 Å². The number of rotatable bonds is 6. The van der Waals surface area contributed by atoms with Crippen LogP contribution in [0.2, 0.25) is 0 Å². The van der Waals surface area contributed by atoms with Gasteiger partial charge in [0.2, 0.25) is 0 Å². The fraction of sp³-hybridized carbons (Fsp3) is 0.167. The summed E-state index contributed by atoms with van der Waals surface area (Å²) in [4.78, 5) is 36.4. The molecule has 31 heavy (non-hydrogen) atoms. The fourth-order valence-electron chi connectivity index (χ4n) is 3.63. The first-order valence-electron chi connectivity index (χ1n) is 9.92. The highest BCUT2D eigenvalue weighted by Crippen LogP contribution is 2.24. The lowest BCUT2D eigenvalue weighted by molar-refractivity contribution is -0.148. The lowest BCUT2D eigenvalue weighted by Gasteiger charge is -2.16. The molecule has 3 aromatic carbocycles. The molecule has 1 heterocycles. The Bertz CT molecular complexity index is 1320. The molecule has 0 aliphatic heterocycles. The predicted molar refractivity (Wildman–Crippen MR) is 118 cm³/mol. The van der Waals surface area contributed by atoms with Crippen molar-refractivity contribution in [2.45, 2.75) is 19.4 Å². The van der Waals surface area contributed by atoms with E-state index in [4.69, 9.17) is 4.74 Å². The van der Waals surface area contributed by atoms with E-state index in [0.29, 0.717) is 16.5 Å². The minimum atomic E-state index is -0.599. The first-order valence-corrected chi connectivity index (χ1v) is 9.92. The molecule has 7 heteroatoms. The van der Waals surface area contributed by atoms with Gasteiger partial charge in [-0.05, 0) is 29.3 Å². The van der Waals surface area contributed by atoms with Crippen LogP contribution in [0, 0.1) is 0 Å². The zero-order valence-corrected chi connectivity index (χ0v) is 16.9. The van der Waals surface area contributed by atoms with Crippen LogP contribution in [-0.2, 0) is 20.7 Å². The van der Waals surface area contributed by atoms with Crippen LogP contribution in [0.3, 0.4) is 0 Å². The minimum Gasteiger partial charge on any atom is -0.455 e. The molecule has 1 aromatic heterocycles. The van der Waals surface area contributed by atoms with Crippen molar-refractivity contribution in [2.24, 2.45) is 0 Å². The maximum absolute atomic E-state index is 12.3. The number of esters is 1. The van der Waals surface area contributed by atoms with E-state index in [1.54, 1.807) is 24.3 Å². The van der Waals surface area contributed by atoms with Crippen molar-refractivity contribution in [3.05, 3.63) is 88.3 Å². The van der Waals surface area contributed by atoms with Crippen molar-refractivity contribution >= 4 is 33.4 Å². The molecule has 0 aliphatic carbocycles. The number of H-pyrrole nitrogens is 1. The number of amides is 1. The Labute approximate surface area is 178 Å². The van der Waals surface area contributed by atoms with Crippen LogP contribution in [-0.4, -0.2) is 28.7 Å². The molecule has 156 valence electrons. The zero-order chi connectivity index (χ0) is 21.8. The number of carbonyl (C=O) groups excluding carboxylic acids is 2. The molecule has 4 aromatic rings. The van der Waals surface area contributed by atoms with Gasteiger partial charge in [0.15, 0.2) is 6.61 Å². The van der Waals surface area contributed by atoms with Crippen molar-refractivity contribution < 1.29 is 14.3 Å². The number of aromatic amines is 1. The lowest BCUT2D eigenvalue weighted by Crippen LogP contribution is -2.31. The van der Waals surface area contributed by atoms with Gasteiger partial charge in [-0.15, -0.1) is 0 Å². The fourth-order valence-corrected chi connectivity index (χ4v) is 3.63. The Morgan fingerprint density at radius 1 is 0.968 bits per heavy atom. The molecular weight excluding hydrogens is 394 g/mol. The summed E-state index contributed by atoms with van der Waals surface area (Å²) in [5, 5.41) is 12.4. The molecule has 0 aliphatic rings. The van der Waals surface area contributed by atoms with Crippen LogP contribution in [0.4, 0.5) is 0 Å². The summed E-state index contributed by atoms with van der Waals surface area (Å²) in [6.45, 7) is 1.49. The number of carbonyl (C=O) groups is 2. The van der Waals surface area contributed by atoms with E-state index in [0.717, 1.165) is 16.3 Å². The van der Waals surface area contributed by atoms with Crippen molar-refractivity contribution in [2.75, 3.05) is 6.61 Å². The molecule has 1 amide bonds. The van der Waals surface area contributed by atoms with E-state index in [1.165, 1.54) is 0 Å². The molecule has 1 atom stereocenters. The Morgan fingerprint density at radius 2 is 1.65 bits per heavy atom. The number of fused-ring (bicyclic) bond motifs is 2. The summed E-state index contributed by atoms with van der Waals surface area (Å²) in [5.74, 6) is -0.995. The number of hydrogen-bond acceptors (Lipinski definition) is 5. The SMILES string of the molecule is C[C@H](NC(=O)COC(=O)Cc1n[nH]c(=O)c2ccccc12)c1cccc2ccccc12. The smallest absolute Gasteiger partial charge is 0.312 e. The second-order valence-electron chi connectivity index (χ2n) is 7.24. The van der Waals surface area contributed by atoms with E-state index >= 15 is 0 Å². The highest BCUT2D eigenvalue weighted by Gasteiger charge is 2.16. The van der Waals surface area contributed by atoms with Crippen LogP contribution in [0.15, 0.2) is 71.5 Å². The first kappa shape index (κ1) is 20.3. The second-order valence-corrected chi connectivity index (χ2v) is 7.24. The Hall–Kier alpha value is -4.00. The van der Waals surface area contributed by atoms with Gasteiger partial charge in [0, 0.05) is 5.39 Å². The molecule has 0 bridgehead atoms. The van der Waals surface area contributed by atoms with Gasteiger partial charge >= 0.3 is 5.97 Å². The number of ether oxygens (including phenoxy) is 1. The minimum absolute atomic E-state index is 0.149. The van der Waals surface area contributed by atoms with Gasteiger partial charge in [0.25, 0.3) is 11.5 Å². The average molecular weight is 415 g/mol. The molecule has 4 rings (SSSR count). The van der Waals surface area contributed by atoms with Crippen LogP contribution in [0.5, 0.6) is 0 Å². The van der Waals surface area contributed by atoms with Gasteiger partial charge in [0.1, 0.15) is 0 Å². The normalized spacial score (nSPS) is 11.9. The van der Waals surface area contributed by atoms with Gasteiger partial charge < -0.3 is 10.1 Å². The summed E-state index contributed by atoms with van der Waals surface area (Å²) in [6, 6.07) is 20.5. The molecule has 0 unspecified atom stereocenters. The maximum Gasteiger partial charge on any atom is 0.312 e. The number of aromatic nitrogens is 2. The summed E-state index contributed by atoms with van der Waals surface area (Å²) in [5.41, 5.74) is 1.06. The predicted octanol–water partition coefficient (Wildman–Crippen LogP) is 3.04. The van der Waals surface area contributed by atoms with Gasteiger partial charge in [0.05, 0.1) is 23.5 Å². The van der Waals surface area contributed by atoms with Crippen molar-refractivity contribution in [3.63, 3.8) is 0 Å². The quantitative estimate of drug-likeness (QED) is 0.472. The summed E-state index contributed by atoms with van der Waals surface area (Å²) < 4.78 is 5.13. The molecule has 0 saturated carbocycles. The third-order valence-corrected chi connectivity index (χ3v) is 5.12. The molecule has 0 spiro atoms. The summed E-state index contributed by atoms with van der Waals surface area (Å²) >= 11 is 0. The van der Waals surface area contributed by atoms with Gasteiger partial charge in [-0.25, -0.2) is 5.10 Å². The van der Waals surface area contributed by atoms with E-state index < -0.39 is 18.5 Å². The van der Waals surface area contributed by atoms with Crippen molar-refractivity contribution in [3.8, 4) is 0 Å². The first-order chi connectivity index (χ1) is 15.0. The molecular formula is C24H21N3O4. The second kappa shape index (κ2) is 8.79. The molecule has 0 saturated heterocycles. The topological polar surface area (TPSA) is 101 Å². The van der Waals surface area contributed by atoms with E-state index in [1.807, 2.05) is 49.4 Å². The number of nitrogens with one attached hydrogen (secondary N) is 2. The summed E-state index contributed by atoms with van der Waals surface area (Å²) in [7, 11) is 0. The van der Waals surface area contributed by atoms with Crippen molar-refractivity contribution in [1.29, 1.82) is 0 Å². The molecule has 2 N–H and O–H groups in total. The largest absolute Gasteiger partial charge is 0.455 e. The Kier molecular flexibility index (Phi) is 5.75. The van der Waals surface area contributed by atoms with Gasteiger partial charge in [-0.3, -0.25) is 14.4 Å². The average Bonchev–Trinajstić information content (AvgIpc) is 2.79. The molecule has 0 fully saturated rings. The van der Waals surface area contributed by atoms with Gasteiger partial charge in [-0.2, -0.15) is 5.10 Å². The van der Waals surface area contributed by atoms with Crippen LogP contribution >= 0.6 is 0 Å². The van der Waals surface area contributed by atoms with Crippen molar-refractivity contribution in [1.82, 2.24) is 15.5 Å². The monoisotopic (exact) mass is 415 g/mol. The van der Waals surface area contributed by atoms with E-state index in [-0.39, 0.29) is 18.0 Å². The highest BCUT2D eigenvalue weighted by atomic mass is 16.5. The maximum atomic E-state index is 12.3. The van der Waals surface area contributed by atoms with E-state index in [9.17, 15) is 14.4 Å². The Morgan fingerprint density at radius 3 is 2.45 bits per heavy atom. The molecule has 7 nitrogen and oxygen atoms in total. The Balaban J connectivity index is 1.37. The third kappa shape index (κ3) is 4.45. The van der Waals surface area contributed by atoms with Gasteiger partial charge in [-0.1, -0.05) is 60.7 Å². The van der Waals surface area contributed by atoms with Crippen LogP contribution in [0.1, 0.15) is 24.2 Å². The van der Waals surface area contributed by atoms with E-state index in [2.05, 4.69) is 15.5 Å². The number of benzene rings is 3. The van der Waals surface area contributed by atoms with Crippen LogP contribution < -0.4 is 10.9 Å². The zero-order valence-electron chi connectivity index (χ0n) is 16.9. The summed E-state index contributed by atoms with van der Waals surface area (Å²) in [6.07, 6.45) is -0.149. The highest BCUT2D eigenvalue weighted by molar-refractivity contribution is 5.89. The number of hydrogen-bond donors (Lipinski definition) is 2. The lowest BCUT2D eigenvalue weighted by atomic mass is 10.00.